The van der Waals surface area contributed by atoms with Crippen molar-refractivity contribution in [3.8, 4) is 0 Å². The van der Waals surface area contributed by atoms with Gasteiger partial charge in [-0.05, 0) is 24.8 Å². The van der Waals surface area contributed by atoms with Gasteiger partial charge in [-0.3, -0.25) is 0 Å². The molecule has 1 aliphatic heterocycles. The van der Waals surface area contributed by atoms with E-state index in [1.165, 1.54) is 12.8 Å². The topological polar surface area (TPSA) is 12.0 Å². The molecule has 0 amide bonds. The maximum absolute atomic E-state index is 3.92. The van der Waals surface area contributed by atoms with E-state index in [0.29, 0.717) is 5.41 Å². The molecule has 1 N–H and O–H groups in total. The van der Waals surface area contributed by atoms with Gasteiger partial charge in [-0.15, -0.1) is 6.58 Å². The molecule has 1 saturated heterocycles. The number of rotatable bonds is 1. The lowest BCUT2D eigenvalue weighted by Gasteiger charge is -2.39. The third-order valence-corrected chi connectivity index (χ3v) is 2.88. The number of nitrogens with one attached hydrogen (secondary N) is 1. The predicted octanol–water partition coefficient (Wildman–Crippen LogP) is 2.34. The Morgan fingerprint density at radius 1 is 1.45 bits per heavy atom. The van der Waals surface area contributed by atoms with E-state index >= 15 is 0 Å². The van der Waals surface area contributed by atoms with E-state index in [-0.39, 0.29) is 5.54 Å². The second kappa shape index (κ2) is 2.63. The van der Waals surface area contributed by atoms with E-state index in [1.54, 1.807) is 0 Å². The van der Waals surface area contributed by atoms with Crippen molar-refractivity contribution in [1.29, 1.82) is 0 Å². The fraction of sp³-hybridized carbons (Fsp3) is 0.800. The first-order valence-corrected chi connectivity index (χ1v) is 4.40. The minimum absolute atomic E-state index is 0.188. The third kappa shape index (κ3) is 1.34. The zero-order valence-electron chi connectivity index (χ0n) is 7.91. The average Bonchev–Trinajstić information content (AvgIpc) is 2.33. The molecule has 1 nitrogen and oxygen atoms in total. The predicted molar refractivity (Wildman–Crippen MR) is 49.6 cm³/mol. The first-order chi connectivity index (χ1) is 5.02. The lowest BCUT2D eigenvalue weighted by molar-refractivity contribution is 0.215. The molecule has 11 heavy (non-hydrogen) atoms. The zero-order chi connectivity index (χ0) is 8.54. The molecule has 0 spiro atoms. The van der Waals surface area contributed by atoms with Crippen LogP contribution < -0.4 is 5.32 Å². The molecule has 0 aromatic heterocycles. The van der Waals surface area contributed by atoms with Crippen LogP contribution in [-0.4, -0.2) is 12.1 Å². The fourth-order valence-corrected chi connectivity index (χ4v) is 1.89. The summed E-state index contributed by atoms with van der Waals surface area (Å²) in [7, 11) is 0. The van der Waals surface area contributed by atoms with Crippen LogP contribution in [0.3, 0.4) is 0 Å². The molecular weight excluding hydrogens is 134 g/mol. The smallest absolute Gasteiger partial charge is 0.0411 e. The number of hydrogen-bond acceptors (Lipinski definition) is 1. The minimum Gasteiger partial charge on any atom is -0.307 e. The Labute approximate surface area is 69.9 Å². The summed E-state index contributed by atoms with van der Waals surface area (Å²) in [5.74, 6) is 0. The lowest BCUT2D eigenvalue weighted by atomic mass is 9.73. The highest BCUT2D eigenvalue weighted by Crippen LogP contribution is 2.37. The second-order valence-corrected chi connectivity index (χ2v) is 4.46. The first kappa shape index (κ1) is 8.79. The van der Waals surface area contributed by atoms with Crippen molar-refractivity contribution >= 4 is 0 Å². The van der Waals surface area contributed by atoms with Gasteiger partial charge in [0, 0.05) is 5.54 Å². The van der Waals surface area contributed by atoms with Crippen LogP contribution in [0.2, 0.25) is 0 Å². The Bertz CT molecular complexity index is 147. The van der Waals surface area contributed by atoms with Crippen LogP contribution in [0.15, 0.2) is 12.7 Å². The molecule has 0 radical (unpaired) electrons. The monoisotopic (exact) mass is 153 g/mol. The van der Waals surface area contributed by atoms with Crippen molar-refractivity contribution in [3.05, 3.63) is 12.7 Å². The first-order valence-electron chi connectivity index (χ1n) is 4.40. The zero-order valence-corrected chi connectivity index (χ0v) is 7.91. The summed E-state index contributed by atoms with van der Waals surface area (Å²) in [6.07, 6.45) is 4.60. The summed E-state index contributed by atoms with van der Waals surface area (Å²) in [6, 6.07) is 0. The molecule has 1 heteroatoms. The van der Waals surface area contributed by atoms with E-state index < -0.39 is 0 Å². The summed E-state index contributed by atoms with van der Waals surface area (Å²) in [5.41, 5.74) is 0.484. The van der Waals surface area contributed by atoms with Crippen molar-refractivity contribution in [3.63, 3.8) is 0 Å². The van der Waals surface area contributed by atoms with Gasteiger partial charge in [-0.1, -0.05) is 26.8 Å². The molecule has 1 heterocycles. The molecule has 0 aromatic rings. The maximum atomic E-state index is 3.92. The van der Waals surface area contributed by atoms with Gasteiger partial charge >= 0.3 is 0 Å². The Balaban J connectivity index is 2.83. The molecule has 0 bridgehead atoms. The fourth-order valence-electron chi connectivity index (χ4n) is 1.89. The van der Waals surface area contributed by atoms with Crippen LogP contribution in [-0.2, 0) is 0 Å². The lowest BCUT2D eigenvalue weighted by Crippen LogP contribution is -2.48. The van der Waals surface area contributed by atoms with Crippen LogP contribution in [0.25, 0.3) is 0 Å². The Morgan fingerprint density at radius 3 is 2.27 bits per heavy atom. The second-order valence-electron chi connectivity index (χ2n) is 4.46. The number of hydrogen-bond donors (Lipinski definition) is 1. The van der Waals surface area contributed by atoms with Crippen molar-refractivity contribution < 1.29 is 0 Å². The Kier molecular flexibility index (Phi) is 2.10. The maximum Gasteiger partial charge on any atom is 0.0411 e. The Morgan fingerprint density at radius 2 is 2.09 bits per heavy atom. The van der Waals surface area contributed by atoms with Gasteiger partial charge in [0.25, 0.3) is 0 Å². The van der Waals surface area contributed by atoms with Crippen LogP contribution in [0.4, 0.5) is 0 Å². The molecule has 0 aliphatic carbocycles. The largest absolute Gasteiger partial charge is 0.307 e. The SMILES string of the molecule is C=CC1(C(C)(C)C)CCCN1. The van der Waals surface area contributed by atoms with E-state index in [4.69, 9.17) is 0 Å². The van der Waals surface area contributed by atoms with Gasteiger partial charge in [-0.25, -0.2) is 0 Å². The third-order valence-electron chi connectivity index (χ3n) is 2.88. The van der Waals surface area contributed by atoms with Gasteiger partial charge in [-0.2, -0.15) is 0 Å². The van der Waals surface area contributed by atoms with Crippen molar-refractivity contribution in [2.45, 2.75) is 39.2 Å². The van der Waals surface area contributed by atoms with Crippen LogP contribution in [0, 0.1) is 5.41 Å². The highest BCUT2D eigenvalue weighted by molar-refractivity contribution is 5.12. The standard InChI is InChI=1S/C10H19N/c1-5-10(9(2,3)4)7-6-8-11-10/h5,11H,1,6-8H2,2-4H3. The summed E-state index contributed by atoms with van der Waals surface area (Å²) in [5, 5.41) is 3.54. The molecule has 1 fully saturated rings. The Hall–Kier alpha value is -0.300. The van der Waals surface area contributed by atoms with E-state index in [2.05, 4.69) is 38.7 Å². The van der Waals surface area contributed by atoms with Crippen molar-refractivity contribution in [2.24, 2.45) is 5.41 Å². The van der Waals surface area contributed by atoms with Crippen molar-refractivity contribution in [2.75, 3.05) is 6.54 Å². The average molecular weight is 153 g/mol. The molecule has 1 rings (SSSR count). The van der Waals surface area contributed by atoms with Crippen LogP contribution in [0.5, 0.6) is 0 Å². The van der Waals surface area contributed by atoms with Gasteiger partial charge in [0.2, 0.25) is 0 Å². The summed E-state index contributed by atoms with van der Waals surface area (Å²) >= 11 is 0. The molecular formula is C10H19N. The van der Waals surface area contributed by atoms with Gasteiger partial charge in [0.1, 0.15) is 0 Å². The van der Waals surface area contributed by atoms with Gasteiger partial charge < -0.3 is 5.32 Å². The van der Waals surface area contributed by atoms with E-state index in [9.17, 15) is 0 Å². The minimum atomic E-state index is 0.188. The normalized spacial score (nSPS) is 32.3. The highest BCUT2D eigenvalue weighted by atomic mass is 15.0. The summed E-state index contributed by atoms with van der Waals surface area (Å²) < 4.78 is 0. The van der Waals surface area contributed by atoms with Crippen molar-refractivity contribution in [1.82, 2.24) is 5.32 Å². The molecule has 1 aliphatic rings. The molecule has 0 aromatic carbocycles. The van der Waals surface area contributed by atoms with Gasteiger partial charge in [0.05, 0.1) is 0 Å². The molecule has 0 saturated carbocycles. The van der Waals surface area contributed by atoms with E-state index in [0.717, 1.165) is 6.54 Å². The van der Waals surface area contributed by atoms with Crippen LogP contribution >= 0.6 is 0 Å². The highest BCUT2D eigenvalue weighted by Gasteiger charge is 2.40. The molecule has 1 atom stereocenters. The van der Waals surface area contributed by atoms with Gasteiger partial charge in [0.15, 0.2) is 0 Å². The van der Waals surface area contributed by atoms with E-state index in [1.807, 2.05) is 0 Å². The summed E-state index contributed by atoms with van der Waals surface area (Å²) in [4.78, 5) is 0. The quantitative estimate of drug-likeness (QED) is 0.570. The molecule has 1 unspecified atom stereocenters. The van der Waals surface area contributed by atoms with Crippen LogP contribution in [0.1, 0.15) is 33.6 Å². The molecule has 64 valence electrons. The summed E-state index contributed by atoms with van der Waals surface area (Å²) in [6.45, 7) is 11.9.